The second kappa shape index (κ2) is 13.1. The van der Waals surface area contributed by atoms with Crippen molar-refractivity contribution in [2.45, 2.75) is 44.4 Å². The number of carbonyl (C=O) groups is 2. The molecule has 1 amide bonds. The van der Waals surface area contributed by atoms with Gasteiger partial charge in [0.1, 0.15) is 35.0 Å². The zero-order chi connectivity index (χ0) is 33.3. The first-order chi connectivity index (χ1) is 21.8. The number of morpholine rings is 1. The van der Waals surface area contributed by atoms with Crippen LogP contribution in [0.4, 0.5) is 27.6 Å². The predicted molar refractivity (Wildman–Crippen MR) is 155 cm³/mol. The number of fused-ring (bicyclic) bond motifs is 1. The molecular formula is C31H31F5N4O6. The molecule has 1 saturated heterocycles. The van der Waals surface area contributed by atoms with E-state index in [0.29, 0.717) is 65.3 Å². The summed E-state index contributed by atoms with van der Waals surface area (Å²) in [6, 6.07) is 2.73. The number of benzene rings is 2. The predicted octanol–water partition coefficient (Wildman–Crippen LogP) is 3.64. The summed E-state index contributed by atoms with van der Waals surface area (Å²) in [6.07, 6.45) is -3.73. The SMILES string of the molecule is COC(=O)[C@H](Cc1ccc(-c2cc(C)nn(C)c2=O)c2c1CCCO2)NC(=O)c1c(F)cc(N2CCOC[C@@H]2C(F)(F)F)cc1F. The van der Waals surface area contributed by atoms with Gasteiger partial charge in [-0.1, -0.05) is 12.1 Å². The second-order valence-corrected chi connectivity index (χ2v) is 11.0. The minimum absolute atomic E-state index is 0.0898. The topological polar surface area (TPSA) is 112 Å². The fraction of sp³-hybridized carbons (Fsp3) is 0.419. The molecular weight excluding hydrogens is 619 g/mol. The Morgan fingerprint density at radius 1 is 1.13 bits per heavy atom. The lowest BCUT2D eigenvalue weighted by molar-refractivity contribution is -0.167. The van der Waals surface area contributed by atoms with Crippen molar-refractivity contribution in [1.29, 1.82) is 0 Å². The Morgan fingerprint density at radius 2 is 1.85 bits per heavy atom. The third-order valence-corrected chi connectivity index (χ3v) is 7.96. The van der Waals surface area contributed by atoms with E-state index in [2.05, 4.69) is 10.4 Å². The Bertz CT molecular complexity index is 1700. The summed E-state index contributed by atoms with van der Waals surface area (Å²) < 4.78 is 88.0. The normalized spacial score (nSPS) is 17.1. The first kappa shape index (κ1) is 32.9. The number of halogens is 5. The molecule has 0 spiro atoms. The van der Waals surface area contributed by atoms with E-state index in [4.69, 9.17) is 14.2 Å². The average Bonchev–Trinajstić information content (AvgIpc) is 3.01. The van der Waals surface area contributed by atoms with Gasteiger partial charge in [-0.05, 0) is 49.1 Å². The molecule has 0 aliphatic carbocycles. The van der Waals surface area contributed by atoms with Crippen molar-refractivity contribution in [3.63, 3.8) is 0 Å². The largest absolute Gasteiger partial charge is 0.493 e. The van der Waals surface area contributed by atoms with Gasteiger partial charge in [-0.25, -0.2) is 18.3 Å². The van der Waals surface area contributed by atoms with Gasteiger partial charge >= 0.3 is 12.1 Å². The number of esters is 1. The Balaban J connectivity index is 1.44. The van der Waals surface area contributed by atoms with Crippen LogP contribution in [0.3, 0.4) is 0 Å². The standard InChI is InChI=1S/C31H31F5N4O6/c1-16-11-21(29(42)39(2)38-16)20-7-6-17(19-5-4-9-46-27(19)20)12-24(30(43)44-3)37-28(41)26-22(32)13-18(14-23(26)33)40-8-10-45-15-25(40)31(34,35)36/h6-7,11,13-14,24-25H,4-5,8-10,12,15H2,1-3H3,(H,37,41)/t24-,25+/m0/s1. The van der Waals surface area contributed by atoms with E-state index in [9.17, 15) is 27.6 Å². The highest BCUT2D eigenvalue weighted by Gasteiger charge is 2.46. The van der Waals surface area contributed by atoms with Crippen LogP contribution < -0.4 is 20.5 Å². The summed E-state index contributed by atoms with van der Waals surface area (Å²) in [4.78, 5) is 39.6. The Hall–Kier alpha value is -4.53. The number of methoxy groups -OCH3 is 1. The summed E-state index contributed by atoms with van der Waals surface area (Å²) in [5.74, 6) is -4.58. The van der Waals surface area contributed by atoms with Gasteiger partial charge in [0, 0.05) is 31.3 Å². The maximum Gasteiger partial charge on any atom is 0.411 e. The van der Waals surface area contributed by atoms with Gasteiger partial charge in [-0.15, -0.1) is 0 Å². The molecule has 0 saturated carbocycles. The number of carbonyl (C=O) groups excluding carboxylic acids is 2. The quantitative estimate of drug-likeness (QED) is 0.305. The fourth-order valence-corrected chi connectivity index (χ4v) is 5.80. The maximum atomic E-state index is 15.2. The van der Waals surface area contributed by atoms with E-state index in [0.717, 1.165) is 12.0 Å². The van der Waals surface area contributed by atoms with Crippen molar-refractivity contribution in [2.24, 2.45) is 7.05 Å². The molecule has 0 bridgehead atoms. The van der Waals surface area contributed by atoms with E-state index in [1.807, 2.05) is 0 Å². The minimum atomic E-state index is -4.73. The van der Waals surface area contributed by atoms with Crippen LogP contribution in [0.5, 0.6) is 5.75 Å². The summed E-state index contributed by atoms with van der Waals surface area (Å²) in [6.45, 7) is 1.04. The van der Waals surface area contributed by atoms with Gasteiger partial charge < -0.3 is 24.4 Å². The number of ether oxygens (including phenoxy) is 3. The lowest BCUT2D eigenvalue weighted by Crippen LogP contribution is -2.53. The highest BCUT2D eigenvalue weighted by molar-refractivity contribution is 5.97. The zero-order valence-corrected chi connectivity index (χ0v) is 25.2. The molecule has 3 heterocycles. The summed E-state index contributed by atoms with van der Waals surface area (Å²) in [7, 11) is 2.62. The fourth-order valence-electron chi connectivity index (χ4n) is 5.80. The number of hydrogen-bond acceptors (Lipinski definition) is 8. The third kappa shape index (κ3) is 6.55. The first-order valence-corrected chi connectivity index (χ1v) is 14.4. The number of rotatable bonds is 7. The third-order valence-electron chi connectivity index (χ3n) is 7.96. The first-order valence-electron chi connectivity index (χ1n) is 14.4. The van der Waals surface area contributed by atoms with Crippen LogP contribution in [0, 0.1) is 18.6 Å². The van der Waals surface area contributed by atoms with E-state index in [1.165, 1.54) is 11.7 Å². The molecule has 2 aromatic carbocycles. The number of aromatic nitrogens is 2. The van der Waals surface area contributed by atoms with Crippen LogP contribution in [0.1, 0.15) is 33.6 Å². The van der Waals surface area contributed by atoms with Crippen molar-refractivity contribution in [3.05, 3.63) is 74.7 Å². The summed E-state index contributed by atoms with van der Waals surface area (Å²) >= 11 is 0. The van der Waals surface area contributed by atoms with Crippen molar-refractivity contribution < 1.29 is 45.8 Å². The summed E-state index contributed by atoms with van der Waals surface area (Å²) in [5, 5.41) is 6.44. The lowest BCUT2D eigenvalue weighted by atomic mass is 9.90. The van der Waals surface area contributed by atoms with Gasteiger partial charge in [0.25, 0.3) is 11.5 Å². The molecule has 1 aromatic heterocycles. The molecule has 1 fully saturated rings. The number of anilines is 1. The van der Waals surface area contributed by atoms with Crippen molar-refractivity contribution in [3.8, 4) is 16.9 Å². The van der Waals surface area contributed by atoms with Gasteiger partial charge in [0.15, 0.2) is 0 Å². The molecule has 246 valence electrons. The van der Waals surface area contributed by atoms with Crippen LogP contribution in [0.2, 0.25) is 0 Å². The van der Waals surface area contributed by atoms with Crippen LogP contribution in [-0.4, -0.2) is 73.4 Å². The van der Waals surface area contributed by atoms with E-state index >= 15 is 8.78 Å². The molecule has 46 heavy (non-hydrogen) atoms. The van der Waals surface area contributed by atoms with Gasteiger partial charge in [0.05, 0.1) is 38.2 Å². The van der Waals surface area contributed by atoms with Crippen molar-refractivity contribution in [1.82, 2.24) is 15.1 Å². The minimum Gasteiger partial charge on any atom is -0.493 e. The monoisotopic (exact) mass is 650 g/mol. The zero-order valence-electron chi connectivity index (χ0n) is 25.2. The Kier molecular flexibility index (Phi) is 9.33. The summed E-state index contributed by atoms with van der Waals surface area (Å²) in [5.41, 5.74) is 0.940. The van der Waals surface area contributed by atoms with Gasteiger partial charge in [-0.2, -0.15) is 18.3 Å². The van der Waals surface area contributed by atoms with E-state index < -0.39 is 59.6 Å². The highest BCUT2D eigenvalue weighted by atomic mass is 19.4. The molecule has 3 aromatic rings. The lowest BCUT2D eigenvalue weighted by Gasteiger charge is -2.38. The molecule has 15 heteroatoms. The van der Waals surface area contributed by atoms with Crippen LogP contribution in [0.25, 0.3) is 11.1 Å². The Labute approximate surface area is 260 Å². The van der Waals surface area contributed by atoms with Crippen molar-refractivity contribution >= 4 is 17.6 Å². The van der Waals surface area contributed by atoms with E-state index in [-0.39, 0.29) is 25.1 Å². The van der Waals surface area contributed by atoms with Crippen LogP contribution in [-0.2, 0) is 34.2 Å². The van der Waals surface area contributed by atoms with Crippen LogP contribution in [0.15, 0.2) is 35.1 Å². The van der Waals surface area contributed by atoms with Crippen molar-refractivity contribution in [2.75, 3.05) is 38.4 Å². The number of nitrogens with one attached hydrogen (secondary N) is 1. The van der Waals surface area contributed by atoms with Gasteiger partial charge in [-0.3, -0.25) is 9.59 Å². The maximum absolute atomic E-state index is 15.2. The Morgan fingerprint density at radius 3 is 2.52 bits per heavy atom. The van der Waals surface area contributed by atoms with Crippen LogP contribution >= 0.6 is 0 Å². The smallest absolute Gasteiger partial charge is 0.411 e. The average molecular weight is 651 g/mol. The molecule has 5 rings (SSSR count). The molecule has 2 aliphatic heterocycles. The number of alkyl halides is 3. The number of nitrogens with zero attached hydrogens (tertiary/aromatic N) is 3. The number of hydrogen-bond donors (Lipinski definition) is 1. The number of amides is 1. The molecule has 2 atom stereocenters. The second-order valence-electron chi connectivity index (χ2n) is 11.0. The molecule has 10 nitrogen and oxygen atoms in total. The molecule has 2 aliphatic rings. The number of aryl methyl sites for hydroxylation is 2. The highest BCUT2D eigenvalue weighted by Crippen LogP contribution is 2.38. The van der Waals surface area contributed by atoms with E-state index in [1.54, 1.807) is 25.1 Å². The molecule has 0 unspecified atom stereocenters. The van der Waals surface area contributed by atoms with Gasteiger partial charge in [0.2, 0.25) is 0 Å². The molecule has 1 N–H and O–H groups in total. The molecule has 0 radical (unpaired) electrons.